The second kappa shape index (κ2) is 4.30. The Kier molecular flexibility index (Phi) is 3.06. The Labute approximate surface area is 85.6 Å². The summed E-state index contributed by atoms with van der Waals surface area (Å²) in [6, 6.07) is 0.129. The van der Waals surface area contributed by atoms with E-state index in [-0.39, 0.29) is 11.9 Å². The van der Waals surface area contributed by atoms with Crippen LogP contribution in [-0.2, 0) is 4.79 Å². The Balaban J connectivity index is 1.75. The monoisotopic (exact) mass is 196 g/mol. The van der Waals surface area contributed by atoms with Gasteiger partial charge in [-0.05, 0) is 38.0 Å². The number of hydrogen-bond donors (Lipinski definition) is 1. The minimum absolute atomic E-state index is 0.129. The zero-order chi connectivity index (χ0) is 9.97. The molecule has 14 heavy (non-hydrogen) atoms. The molecule has 1 heterocycles. The SMILES string of the molecule is NC(CC(=O)N1CCCCC1)C1CC1. The van der Waals surface area contributed by atoms with Crippen LogP contribution in [0.5, 0.6) is 0 Å². The summed E-state index contributed by atoms with van der Waals surface area (Å²) in [7, 11) is 0. The maximum Gasteiger partial charge on any atom is 0.224 e. The fourth-order valence-electron chi connectivity index (χ4n) is 2.17. The van der Waals surface area contributed by atoms with E-state index in [4.69, 9.17) is 5.73 Å². The molecule has 1 amide bonds. The Morgan fingerprint density at radius 3 is 2.50 bits per heavy atom. The molecule has 1 atom stereocenters. The largest absolute Gasteiger partial charge is 0.343 e. The maximum atomic E-state index is 11.8. The van der Waals surface area contributed by atoms with Gasteiger partial charge in [0, 0.05) is 25.6 Å². The van der Waals surface area contributed by atoms with E-state index in [0.717, 1.165) is 13.1 Å². The molecule has 2 fully saturated rings. The molecule has 0 radical (unpaired) electrons. The molecule has 0 aromatic heterocycles. The first kappa shape index (κ1) is 9.97. The van der Waals surface area contributed by atoms with Crippen LogP contribution in [0.2, 0.25) is 0 Å². The minimum Gasteiger partial charge on any atom is -0.343 e. The van der Waals surface area contributed by atoms with Crippen molar-refractivity contribution in [2.45, 2.75) is 44.6 Å². The van der Waals surface area contributed by atoms with E-state index >= 15 is 0 Å². The quantitative estimate of drug-likeness (QED) is 0.735. The van der Waals surface area contributed by atoms with Crippen LogP contribution in [0.1, 0.15) is 38.5 Å². The predicted molar refractivity (Wildman–Crippen MR) is 55.7 cm³/mol. The highest BCUT2D eigenvalue weighted by molar-refractivity contribution is 5.77. The highest BCUT2D eigenvalue weighted by Crippen LogP contribution is 2.33. The van der Waals surface area contributed by atoms with Crippen LogP contribution in [0.4, 0.5) is 0 Å². The fraction of sp³-hybridized carbons (Fsp3) is 0.909. The van der Waals surface area contributed by atoms with Gasteiger partial charge in [0.2, 0.25) is 5.91 Å². The first-order valence-corrected chi connectivity index (χ1v) is 5.81. The van der Waals surface area contributed by atoms with Gasteiger partial charge in [-0.15, -0.1) is 0 Å². The lowest BCUT2D eigenvalue weighted by Crippen LogP contribution is -2.39. The maximum absolute atomic E-state index is 11.8. The van der Waals surface area contributed by atoms with Gasteiger partial charge >= 0.3 is 0 Å². The molecule has 1 aliphatic carbocycles. The van der Waals surface area contributed by atoms with Crippen LogP contribution in [-0.4, -0.2) is 29.9 Å². The van der Waals surface area contributed by atoms with Crippen LogP contribution in [0.25, 0.3) is 0 Å². The molecule has 2 rings (SSSR count). The van der Waals surface area contributed by atoms with Crippen molar-refractivity contribution in [2.75, 3.05) is 13.1 Å². The topological polar surface area (TPSA) is 46.3 Å². The van der Waals surface area contributed by atoms with Crippen LogP contribution in [0, 0.1) is 5.92 Å². The molecule has 1 saturated heterocycles. The number of amides is 1. The molecule has 1 unspecified atom stereocenters. The van der Waals surface area contributed by atoms with Crippen molar-refractivity contribution in [3.8, 4) is 0 Å². The Morgan fingerprint density at radius 2 is 1.93 bits per heavy atom. The highest BCUT2D eigenvalue weighted by Gasteiger charge is 2.31. The van der Waals surface area contributed by atoms with Gasteiger partial charge in [-0.3, -0.25) is 4.79 Å². The summed E-state index contributed by atoms with van der Waals surface area (Å²) in [5.41, 5.74) is 5.94. The van der Waals surface area contributed by atoms with E-state index in [0.29, 0.717) is 12.3 Å². The highest BCUT2D eigenvalue weighted by atomic mass is 16.2. The molecule has 3 nitrogen and oxygen atoms in total. The summed E-state index contributed by atoms with van der Waals surface area (Å²) in [4.78, 5) is 13.8. The Hall–Kier alpha value is -0.570. The predicted octanol–water partition coefficient (Wildman–Crippen LogP) is 1.13. The first-order chi connectivity index (χ1) is 6.77. The normalized spacial score (nSPS) is 24.8. The zero-order valence-corrected chi connectivity index (χ0v) is 8.74. The summed E-state index contributed by atoms with van der Waals surface area (Å²) >= 11 is 0. The van der Waals surface area contributed by atoms with E-state index in [1.807, 2.05) is 4.90 Å². The van der Waals surface area contributed by atoms with Crippen LogP contribution < -0.4 is 5.73 Å². The summed E-state index contributed by atoms with van der Waals surface area (Å²) < 4.78 is 0. The number of piperidine rings is 1. The van der Waals surface area contributed by atoms with Gasteiger partial charge in [0.1, 0.15) is 0 Å². The molecule has 0 aromatic carbocycles. The Morgan fingerprint density at radius 1 is 1.29 bits per heavy atom. The third-order valence-electron chi connectivity index (χ3n) is 3.35. The van der Waals surface area contributed by atoms with Gasteiger partial charge in [0.15, 0.2) is 0 Å². The molecule has 2 aliphatic rings. The molecular formula is C11H20N2O. The van der Waals surface area contributed by atoms with E-state index in [9.17, 15) is 4.79 Å². The second-order valence-electron chi connectivity index (χ2n) is 4.65. The molecular weight excluding hydrogens is 176 g/mol. The lowest BCUT2D eigenvalue weighted by Gasteiger charge is -2.27. The van der Waals surface area contributed by atoms with Crippen LogP contribution in [0.15, 0.2) is 0 Å². The van der Waals surface area contributed by atoms with E-state index < -0.39 is 0 Å². The van der Waals surface area contributed by atoms with Gasteiger partial charge in [-0.25, -0.2) is 0 Å². The summed E-state index contributed by atoms with van der Waals surface area (Å²) in [5.74, 6) is 0.924. The molecule has 0 spiro atoms. The Bertz CT molecular complexity index is 207. The van der Waals surface area contributed by atoms with Gasteiger partial charge in [0.25, 0.3) is 0 Å². The third kappa shape index (κ3) is 2.47. The second-order valence-corrected chi connectivity index (χ2v) is 4.65. The molecule has 2 N–H and O–H groups in total. The molecule has 80 valence electrons. The van der Waals surface area contributed by atoms with E-state index in [1.54, 1.807) is 0 Å². The number of carbonyl (C=O) groups is 1. The van der Waals surface area contributed by atoms with Crippen molar-refractivity contribution in [1.82, 2.24) is 4.90 Å². The zero-order valence-electron chi connectivity index (χ0n) is 8.74. The van der Waals surface area contributed by atoms with Crippen molar-refractivity contribution in [2.24, 2.45) is 11.7 Å². The molecule has 1 aliphatic heterocycles. The van der Waals surface area contributed by atoms with Gasteiger partial charge in [0.05, 0.1) is 0 Å². The van der Waals surface area contributed by atoms with E-state index in [2.05, 4.69) is 0 Å². The fourth-order valence-corrected chi connectivity index (χ4v) is 2.17. The lowest BCUT2D eigenvalue weighted by atomic mass is 10.1. The van der Waals surface area contributed by atoms with Gasteiger partial charge in [-0.1, -0.05) is 0 Å². The van der Waals surface area contributed by atoms with Crippen molar-refractivity contribution in [3.05, 3.63) is 0 Å². The van der Waals surface area contributed by atoms with Crippen LogP contribution >= 0.6 is 0 Å². The minimum atomic E-state index is 0.129. The number of likely N-dealkylation sites (tertiary alicyclic amines) is 1. The smallest absolute Gasteiger partial charge is 0.224 e. The van der Waals surface area contributed by atoms with Crippen molar-refractivity contribution >= 4 is 5.91 Å². The summed E-state index contributed by atoms with van der Waals surface area (Å²) in [6.07, 6.45) is 6.65. The van der Waals surface area contributed by atoms with Crippen molar-refractivity contribution in [3.63, 3.8) is 0 Å². The summed E-state index contributed by atoms with van der Waals surface area (Å²) in [5, 5.41) is 0. The number of hydrogen-bond acceptors (Lipinski definition) is 2. The lowest BCUT2D eigenvalue weighted by molar-refractivity contribution is -0.132. The molecule has 3 heteroatoms. The van der Waals surface area contributed by atoms with Gasteiger partial charge in [-0.2, -0.15) is 0 Å². The average Bonchev–Trinajstić information content (AvgIpc) is 3.02. The number of nitrogens with two attached hydrogens (primary N) is 1. The third-order valence-corrected chi connectivity index (χ3v) is 3.35. The first-order valence-electron chi connectivity index (χ1n) is 5.81. The van der Waals surface area contributed by atoms with Crippen LogP contribution in [0.3, 0.4) is 0 Å². The van der Waals surface area contributed by atoms with Crippen molar-refractivity contribution < 1.29 is 4.79 Å². The van der Waals surface area contributed by atoms with E-state index in [1.165, 1.54) is 32.1 Å². The summed E-state index contributed by atoms with van der Waals surface area (Å²) in [6.45, 7) is 1.91. The average molecular weight is 196 g/mol. The molecule has 0 aromatic rings. The standard InChI is InChI=1S/C11H20N2O/c12-10(9-4-5-9)8-11(14)13-6-2-1-3-7-13/h9-10H,1-8,12H2. The number of carbonyl (C=O) groups excluding carboxylic acids is 1. The number of nitrogens with zero attached hydrogens (tertiary/aromatic N) is 1. The molecule has 0 bridgehead atoms. The molecule has 1 saturated carbocycles. The van der Waals surface area contributed by atoms with Gasteiger partial charge < -0.3 is 10.6 Å². The van der Waals surface area contributed by atoms with Crippen molar-refractivity contribution in [1.29, 1.82) is 0 Å². The number of rotatable bonds is 3.